The van der Waals surface area contributed by atoms with E-state index in [0.29, 0.717) is 5.69 Å². The largest absolute Gasteiger partial charge is 0.337 e. The van der Waals surface area contributed by atoms with E-state index < -0.39 is 22.2 Å². The Morgan fingerprint density at radius 1 is 0.970 bits per heavy atom. The van der Waals surface area contributed by atoms with Crippen LogP contribution in [0.3, 0.4) is 0 Å². The number of rotatable bonds is 4. The minimum atomic E-state index is -0.691. The van der Waals surface area contributed by atoms with Gasteiger partial charge in [0, 0.05) is 23.7 Å². The van der Waals surface area contributed by atoms with Crippen LogP contribution in [-0.4, -0.2) is 24.0 Å². The van der Waals surface area contributed by atoms with Crippen LogP contribution in [0.1, 0.15) is 18.7 Å². The van der Waals surface area contributed by atoms with Crippen LogP contribution in [-0.2, 0) is 0 Å². The van der Waals surface area contributed by atoms with Crippen molar-refractivity contribution in [3.63, 3.8) is 0 Å². The Kier molecular flexibility index (Phi) is 4.78. The molecule has 1 atom stereocenters. The van der Waals surface area contributed by atoms with Crippen molar-refractivity contribution in [3.8, 4) is 5.69 Å². The molecule has 0 bridgehead atoms. The molecule has 0 spiro atoms. The van der Waals surface area contributed by atoms with E-state index in [4.69, 9.17) is 0 Å². The van der Waals surface area contributed by atoms with Gasteiger partial charge in [-0.05, 0) is 37.3 Å². The molecule has 3 aromatic heterocycles. The van der Waals surface area contributed by atoms with Gasteiger partial charge in [-0.25, -0.2) is 14.3 Å². The molecule has 0 aliphatic rings. The zero-order chi connectivity index (χ0) is 23.1. The number of benzene rings is 2. The van der Waals surface area contributed by atoms with E-state index in [1.807, 2.05) is 30.3 Å². The van der Waals surface area contributed by atoms with Crippen LogP contribution in [0.5, 0.6) is 0 Å². The first kappa shape index (κ1) is 20.3. The summed E-state index contributed by atoms with van der Waals surface area (Å²) in [6.45, 7) is 1.72. The molecule has 0 saturated carbocycles. The Bertz CT molecular complexity index is 1670. The van der Waals surface area contributed by atoms with Gasteiger partial charge in [-0.15, -0.1) is 0 Å². The van der Waals surface area contributed by atoms with E-state index in [-0.39, 0.29) is 22.4 Å². The van der Waals surface area contributed by atoms with Crippen molar-refractivity contribution in [2.24, 2.45) is 0 Å². The van der Waals surface area contributed by atoms with E-state index >= 15 is 0 Å². The molecule has 0 fully saturated rings. The summed E-state index contributed by atoms with van der Waals surface area (Å²) in [4.78, 5) is 46.6. The van der Waals surface area contributed by atoms with Gasteiger partial charge in [-0.3, -0.25) is 24.5 Å². The fourth-order valence-corrected chi connectivity index (χ4v) is 3.92. The summed E-state index contributed by atoms with van der Waals surface area (Å²) in [5.74, 6) is 0. The van der Waals surface area contributed by atoms with Gasteiger partial charge >= 0.3 is 5.69 Å². The molecular weight excluding hydrogens is 422 g/mol. The third kappa shape index (κ3) is 3.35. The molecule has 5 aromatic rings. The molecule has 0 N–H and O–H groups in total. The molecule has 2 aromatic carbocycles. The fraction of sp³-hybridized carbons (Fsp3) is 0.0833. The van der Waals surface area contributed by atoms with Gasteiger partial charge in [0.25, 0.3) is 11.2 Å². The molecule has 3 heterocycles. The maximum absolute atomic E-state index is 13.7. The Labute approximate surface area is 186 Å². The highest BCUT2D eigenvalue weighted by Crippen LogP contribution is 2.21. The summed E-state index contributed by atoms with van der Waals surface area (Å²) < 4.78 is 2.33. The number of nitro groups is 1. The molecule has 5 rings (SSSR count). The maximum Gasteiger partial charge on any atom is 0.337 e. The lowest BCUT2D eigenvalue weighted by Gasteiger charge is -2.18. The van der Waals surface area contributed by atoms with Gasteiger partial charge in [0.15, 0.2) is 5.65 Å². The Balaban J connectivity index is 1.79. The second kappa shape index (κ2) is 7.79. The van der Waals surface area contributed by atoms with Crippen LogP contribution in [0.2, 0.25) is 0 Å². The first-order valence-electron chi connectivity index (χ1n) is 10.2. The quantitative estimate of drug-likeness (QED) is 0.312. The van der Waals surface area contributed by atoms with Crippen LogP contribution in [0.25, 0.3) is 27.6 Å². The van der Waals surface area contributed by atoms with Crippen LogP contribution < -0.4 is 11.2 Å². The SMILES string of the molecule is CC(c1ccc2ccccc2n1)n1c(=O)c2cccnc2n(-c2cccc([N+](=O)[O-])c2)c1=O. The van der Waals surface area contributed by atoms with Gasteiger partial charge in [0.05, 0.1) is 33.2 Å². The Hall–Kier alpha value is -4.66. The fourth-order valence-electron chi connectivity index (χ4n) is 3.92. The topological polar surface area (TPSA) is 113 Å². The predicted molar refractivity (Wildman–Crippen MR) is 124 cm³/mol. The molecule has 0 amide bonds. The summed E-state index contributed by atoms with van der Waals surface area (Å²) >= 11 is 0. The Morgan fingerprint density at radius 2 is 1.79 bits per heavy atom. The number of fused-ring (bicyclic) bond motifs is 2. The van der Waals surface area contributed by atoms with Crippen molar-refractivity contribution < 1.29 is 4.92 Å². The second-order valence-electron chi connectivity index (χ2n) is 7.55. The summed E-state index contributed by atoms with van der Waals surface area (Å²) in [5.41, 5.74) is 0.318. The molecule has 0 aliphatic heterocycles. The molecule has 9 nitrogen and oxygen atoms in total. The number of nitrogens with zero attached hydrogens (tertiary/aromatic N) is 5. The van der Waals surface area contributed by atoms with Gasteiger partial charge in [0.2, 0.25) is 0 Å². The molecule has 0 aliphatic carbocycles. The number of nitro benzene ring substituents is 1. The number of pyridine rings is 2. The van der Waals surface area contributed by atoms with Crippen LogP contribution in [0.4, 0.5) is 5.69 Å². The van der Waals surface area contributed by atoms with Gasteiger partial charge in [0.1, 0.15) is 0 Å². The van der Waals surface area contributed by atoms with Crippen LogP contribution in [0, 0.1) is 10.1 Å². The predicted octanol–water partition coefficient (Wildman–Crippen LogP) is 3.61. The summed E-state index contributed by atoms with van der Waals surface area (Å²) in [5, 5.41) is 12.5. The number of para-hydroxylation sites is 1. The number of hydrogen-bond donors (Lipinski definition) is 0. The van der Waals surface area contributed by atoms with E-state index in [9.17, 15) is 19.7 Å². The number of hydrogen-bond acceptors (Lipinski definition) is 6. The van der Waals surface area contributed by atoms with E-state index in [1.54, 1.807) is 31.2 Å². The normalized spacial score (nSPS) is 12.2. The number of aromatic nitrogens is 4. The second-order valence-corrected chi connectivity index (χ2v) is 7.55. The zero-order valence-electron chi connectivity index (χ0n) is 17.5. The van der Waals surface area contributed by atoms with Crippen molar-refractivity contribution in [1.82, 2.24) is 19.1 Å². The van der Waals surface area contributed by atoms with E-state index in [1.165, 1.54) is 29.0 Å². The van der Waals surface area contributed by atoms with Crippen molar-refractivity contribution in [2.75, 3.05) is 0 Å². The first-order valence-corrected chi connectivity index (χ1v) is 10.2. The molecule has 1 unspecified atom stereocenters. The lowest BCUT2D eigenvalue weighted by Crippen LogP contribution is -2.42. The van der Waals surface area contributed by atoms with Gasteiger partial charge in [-0.1, -0.05) is 30.3 Å². The highest BCUT2D eigenvalue weighted by Gasteiger charge is 2.22. The monoisotopic (exact) mass is 439 g/mol. The van der Waals surface area contributed by atoms with E-state index in [2.05, 4.69) is 9.97 Å². The minimum Gasteiger partial charge on any atom is -0.268 e. The molecular formula is C24H17N5O4. The summed E-state index contributed by atoms with van der Waals surface area (Å²) in [7, 11) is 0. The molecule has 33 heavy (non-hydrogen) atoms. The van der Waals surface area contributed by atoms with Gasteiger partial charge < -0.3 is 0 Å². The average Bonchev–Trinajstić information content (AvgIpc) is 2.84. The molecule has 0 radical (unpaired) electrons. The average molecular weight is 439 g/mol. The summed E-state index contributed by atoms with van der Waals surface area (Å²) in [6.07, 6.45) is 1.47. The lowest BCUT2D eigenvalue weighted by atomic mass is 10.1. The van der Waals surface area contributed by atoms with Crippen LogP contribution >= 0.6 is 0 Å². The van der Waals surface area contributed by atoms with Crippen molar-refractivity contribution in [2.45, 2.75) is 13.0 Å². The standard InChI is InChI=1S/C24H17N5O4/c1-15(20-12-11-16-6-2-3-10-21(16)26-20)27-23(30)19-9-5-13-25-22(19)28(24(27)31)17-7-4-8-18(14-17)29(32)33/h2-15H,1H3. The third-order valence-electron chi connectivity index (χ3n) is 5.58. The van der Waals surface area contributed by atoms with Crippen molar-refractivity contribution in [3.05, 3.63) is 116 Å². The first-order chi connectivity index (χ1) is 16.0. The third-order valence-corrected chi connectivity index (χ3v) is 5.58. The lowest BCUT2D eigenvalue weighted by molar-refractivity contribution is -0.384. The van der Waals surface area contributed by atoms with Crippen molar-refractivity contribution in [1.29, 1.82) is 0 Å². The highest BCUT2D eigenvalue weighted by atomic mass is 16.6. The molecule has 0 saturated heterocycles. The van der Waals surface area contributed by atoms with Gasteiger partial charge in [-0.2, -0.15) is 0 Å². The minimum absolute atomic E-state index is 0.128. The van der Waals surface area contributed by atoms with Crippen LogP contribution in [0.15, 0.2) is 88.6 Å². The maximum atomic E-state index is 13.7. The summed E-state index contributed by atoms with van der Waals surface area (Å²) in [6, 6.07) is 19.4. The molecule has 9 heteroatoms. The Morgan fingerprint density at radius 3 is 2.61 bits per heavy atom. The highest BCUT2D eigenvalue weighted by molar-refractivity contribution is 5.78. The van der Waals surface area contributed by atoms with Crippen molar-refractivity contribution >= 4 is 27.6 Å². The molecule has 162 valence electrons. The van der Waals surface area contributed by atoms with E-state index in [0.717, 1.165) is 15.5 Å². The smallest absolute Gasteiger partial charge is 0.268 e. The zero-order valence-corrected chi connectivity index (χ0v) is 17.5. The number of non-ortho nitro benzene ring substituents is 1.